The van der Waals surface area contributed by atoms with Gasteiger partial charge in [-0.2, -0.15) is 0 Å². The van der Waals surface area contributed by atoms with Crippen molar-refractivity contribution in [1.29, 1.82) is 0 Å². The van der Waals surface area contributed by atoms with Gasteiger partial charge in [0.05, 0.1) is 6.26 Å². The van der Waals surface area contributed by atoms with Crippen molar-refractivity contribution in [3.05, 3.63) is 53.6 Å². The summed E-state index contributed by atoms with van der Waals surface area (Å²) in [6.45, 7) is 1.77. The highest BCUT2D eigenvalue weighted by Crippen LogP contribution is 2.33. The van der Waals surface area contributed by atoms with Crippen LogP contribution < -0.4 is 0 Å². The third kappa shape index (κ3) is 1.76. The quantitative estimate of drug-likeness (QED) is 0.578. The fraction of sp³-hybridized carbons (Fsp3) is 0.231. The minimum atomic E-state index is -0.0736. The van der Waals surface area contributed by atoms with E-state index in [0.717, 1.165) is 18.2 Å². The van der Waals surface area contributed by atoms with Crippen LogP contribution in [-0.4, -0.2) is 15.9 Å². The molecule has 16 heavy (non-hydrogen) atoms. The molecule has 0 aliphatic heterocycles. The number of aliphatic hydroxyl groups excluding tert-OH is 1. The highest BCUT2D eigenvalue weighted by molar-refractivity contribution is 6.09. The van der Waals surface area contributed by atoms with Gasteiger partial charge >= 0.3 is 0 Å². The Morgan fingerprint density at radius 2 is 2.12 bits per heavy atom. The Morgan fingerprint density at radius 1 is 1.44 bits per heavy atom. The van der Waals surface area contributed by atoms with Gasteiger partial charge in [-0.25, -0.2) is 0 Å². The molecular formula is C13H13NO2. The molecule has 82 valence electrons. The van der Waals surface area contributed by atoms with Crippen LogP contribution in [0.25, 0.3) is 0 Å². The van der Waals surface area contributed by atoms with Crippen LogP contribution in [0.4, 0.5) is 0 Å². The minimum absolute atomic E-state index is 0.0517. The largest absolute Gasteiger partial charge is 0.515 e. The van der Waals surface area contributed by atoms with Crippen molar-refractivity contribution in [3.8, 4) is 0 Å². The van der Waals surface area contributed by atoms with E-state index in [2.05, 4.69) is 4.98 Å². The molecule has 0 amide bonds. The van der Waals surface area contributed by atoms with Crippen LogP contribution in [0.15, 0.2) is 48.0 Å². The summed E-state index contributed by atoms with van der Waals surface area (Å²) in [5.74, 6) is -0.125. The van der Waals surface area contributed by atoms with Gasteiger partial charge in [-0.3, -0.25) is 9.78 Å². The molecule has 0 saturated carbocycles. The Morgan fingerprint density at radius 3 is 2.75 bits per heavy atom. The van der Waals surface area contributed by atoms with Crippen LogP contribution in [0.2, 0.25) is 0 Å². The van der Waals surface area contributed by atoms with E-state index in [1.807, 2.05) is 18.2 Å². The van der Waals surface area contributed by atoms with Gasteiger partial charge < -0.3 is 5.11 Å². The topological polar surface area (TPSA) is 50.2 Å². The highest BCUT2D eigenvalue weighted by Gasteiger charge is 2.26. The average molecular weight is 215 g/mol. The van der Waals surface area contributed by atoms with Gasteiger partial charge in [-0.05, 0) is 36.6 Å². The predicted octanol–water partition coefficient (Wildman–Crippen LogP) is 2.53. The third-order valence-electron chi connectivity index (χ3n) is 2.90. The van der Waals surface area contributed by atoms with Crippen molar-refractivity contribution in [2.24, 2.45) is 0 Å². The molecule has 3 nitrogen and oxygen atoms in total. The molecule has 1 atom stereocenters. The summed E-state index contributed by atoms with van der Waals surface area (Å²) >= 11 is 0. The molecule has 2 rings (SSSR count). The van der Waals surface area contributed by atoms with Gasteiger partial charge in [0.25, 0.3) is 0 Å². The van der Waals surface area contributed by atoms with Crippen LogP contribution in [0.5, 0.6) is 0 Å². The molecule has 1 aliphatic rings. The number of hydrogen-bond donors (Lipinski definition) is 1. The van der Waals surface area contributed by atoms with Crippen molar-refractivity contribution in [2.75, 3.05) is 0 Å². The second-order valence-electron chi connectivity index (χ2n) is 3.87. The molecule has 1 N–H and O–H groups in total. The number of aliphatic hydroxyl groups is 1. The molecule has 1 aromatic heterocycles. The number of hydrogen-bond acceptors (Lipinski definition) is 3. The standard InChI is InChI=1S/C13H13NO2/c1-9-2-3-11(12(8-15)13(9)16)10-4-6-14-7-5-10/h2,4-8,11,15H,3H2,1H3. The molecule has 0 bridgehead atoms. The van der Waals surface area contributed by atoms with E-state index in [1.165, 1.54) is 0 Å². The summed E-state index contributed by atoms with van der Waals surface area (Å²) in [7, 11) is 0. The first-order chi connectivity index (χ1) is 7.74. The van der Waals surface area contributed by atoms with Crippen molar-refractivity contribution in [3.63, 3.8) is 0 Å². The monoisotopic (exact) mass is 215 g/mol. The van der Waals surface area contributed by atoms with E-state index < -0.39 is 0 Å². The number of carbonyl (C=O) groups excluding carboxylic acids is 1. The van der Waals surface area contributed by atoms with E-state index in [9.17, 15) is 9.90 Å². The maximum atomic E-state index is 11.8. The Bertz CT molecular complexity index is 460. The van der Waals surface area contributed by atoms with E-state index in [0.29, 0.717) is 11.1 Å². The molecule has 1 aromatic rings. The molecule has 0 fully saturated rings. The van der Waals surface area contributed by atoms with Gasteiger partial charge in [-0.1, -0.05) is 6.08 Å². The van der Waals surface area contributed by atoms with Crippen LogP contribution >= 0.6 is 0 Å². The lowest BCUT2D eigenvalue weighted by Gasteiger charge is -2.22. The van der Waals surface area contributed by atoms with E-state index in [4.69, 9.17) is 0 Å². The zero-order chi connectivity index (χ0) is 11.5. The normalized spacial score (nSPS) is 23.3. The molecule has 0 spiro atoms. The van der Waals surface area contributed by atoms with Gasteiger partial charge in [0.15, 0.2) is 5.78 Å². The second-order valence-corrected chi connectivity index (χ2v) is 3.87. The van der Waals surface area contributed by atoms with Gasteiger partial charge in [0.1, 0.15) is 0 Å². The highest BCUT2D eigenvalue weighted by atomic mass is 16.2. The third-order valence-corrected chi connectivity index (χ3v) is 2.90. The first kappa shape index (κ1) is 10.6. The Kier molecular flexibility index (Phi) is 2.86. The molecule has 0 radical (unpaired) electrons. The van der Waals surface area contributed by atoms with Crippen molar-refractivity contribution < 1.29 is 9.90 Å². The second kappa shape index (κ2) is 4.31. The smallest absolute Gasteiger partial charge is 0.188 e. The van der Waals surface area contributed by atoms with Gasteiger partial charge in [0.2, 0.25) is 0 Å². The summed E-state index contributed by atoms with van der Waals surface area (Å²) in [5, 5.41) is 9.19. The number of pyridine rings is 1. The number of ketones is 1. The van der Waals surface area contributed by atoms with Gasteiger partial charge in [0, 0.05) is 23.9 Å². The predicted molar refractivity (Wildman–Crippen MR) is 61.1 cm³/mol. The van der Waals surface area contributed by atoms with Crippen molar-refractivity contribution in [1.82, 2.24) is 4.98 Å². The molecule has 0 aromatic carbocycles. The molecular weight excluding hydrogens is 202 g/mol. The zero-order valence-electron chi connectivity index (χ0n) is 9.05. The Labute approximate surface area is 94.1 Å². The summed E-state index contributed by atoms with van der Waals surface area (Å²) in [6, 6.07) is 3.74. The molecule has 1 unspecified atom stereocenters. The summed E-state index contributed by atoms with van der Waals surface area (Å²) < 4.78 is 0. The number of nitrogens with zero attached hydrogens (tertiary/aromatic N) is 1. The van der Waals surface area contributed by atoms with Crippen molar-refractivity contribution in [2.45, 2.75) is 19.3 Å². The van der Waals surface area contributed by atoms with Gasteiger partial charge in [-0.15, -0.1) is 0 Å². The van der Waals surface area contributed by atoms with E-state index in [-0.39, 0.29) is 11.7 Å². The lowest BCUT2D eigenvalue weighted by atomic mass is 9.81. The average Bonchev–Trinajstić information content (AvgIpc) is 2.33. The number of allylic oxidation sites excluding steroid dienone is 3. The van der Waals surface area contributed by atoms with Crippen LogP contribution in [-0.2, 0) is 4.79 Å². The van der Waals surface area contributed by atoms with E-state index in [1.54, 1.807) is 19.3 Å². The summed E-state index contributed by atoms with van der Waals surface area (Å²) in [4.78, 5) is 15.8. The number of rotatable bonds is 1. The van der Waals surface area contributed by atoms with Crippen LogP contribution in [0.1, 0.15) is 24.8 Å². The number of carbonyl (C=O) groups is 1. The summed E-state index contributed by atoms with van der Waals surface area (Å²) in [5.41, 5.74) is 2.17. The Hall–Kier alpha value is -1.90. The fourth-order valence-corrected chi connectivity index (χ4v) is 1.96. The number of aromatic nitrogens is 1. The molecule has 1 heterocycles. The lowest BCUT2D eigenvalue weighted by molar-refractivity contribution is -0.112. The maximum absolute atomic E-state index is 11.8. The summed E-state index contributed by atoms with van der Waals surface area (Å²) in [6.07, 6.45) is 6.98. The SMILES string of the molecule is CC1=CCC(c2ccncc2)C(=CO)C1=O. The fourth-order valence-electron chi connectivity index (χ4n) is 1.96. The Balaban J connectivity index is 2.41. The van der Waals surface area contributed by atoms with E-state index >= 15 is 0 Å². The first-order valence-corrected chi connectivity index (χ1v) is 5.19. The number of Topliss-reactive ketones (excluding diaryl/α,β-unsaturated/α-hetero) is 1. The van der Waals surface area contributed by atoms with Crippen LogP contribution in [0, 0.1) is 0 Å². The van der Waals surface area contributed by atoms with Crippen LogP contribution in [0.3, 0.4) is 0 Å². The lowest BCUT2D eigenvalue weighted by Crippen LogP contribution is -2.17. The molecule has 0 saturated heterocycles. The molecule has 1 aliphatic carbocycles. The minimum Gasteiger partial charge on any atom is -0.515 e. The molecule has 3 heteroatoms. The zero-order valence-corrected chi connectivity index (χ0v) is 9.05. The van der Waals surface area contributed by atoms with Crippen molar-refractivity contribution >= 4 is 5.78 Å². The maximum Gasteiger partial charge on any atom is 0.188 e. The first-order valence-electron chi connectivity index (χ1n) is 5.19.